The highest BCUT2D eigenvalue weighted by atomic mass is 127. The lowest BCUT2D eigenvalue weighted by atomic mass is 9.90. The first-order valence-corrected chi connectivity index (χ1v) is 9.65. The van der Waals surface area contributed by atoms with Crippen LogP contribution in [-0.2, 0) is 25.8 Å². The third-order valence-corrected chi connectivity index (χ3v) is 5.63. The van der Waals surface area contributed by atoms with E-state index in [-0.39, 0.29) is 24.0 Å². The van der Waals surface area contributed by atoms with Gasteiger partial charge in [-0.1, -0.05) is 23.9 Å². The van der Waals surface area contributed by atoms with Crippen molar-refractivity contribution in [3.63, 3.8) is 0 Å². The van der Waals surface area contributed by atoms with E-state index in [1.807, 2.05) is 11.8 Å². The minimum atomic E-state index is 0. The van der Waals surface area contributed by atoms with Gasteiger partial charge in [-0.25, -0.2) is 4.98 Å². The van der Waals surface area contributed by atoms with Crippen molar-refractivity contribution in [1.82, 2.24) is 9.55 Å². The molecule has 1 aromatic carbocycles. The molecule has 2 aromatic rings. The molecule has 0 radical (unpaired) electrons. The summed E-state index contributed by atoms with van der Waals surface area (Å²) in [5.41, 5.74) is 11.2. The maximum atomic E-state index is 6.08. The van der Waals surface area contributed by atoms with Crippen molar-refractivity contribution < 1.29 is 0 Å². The summed E-state index contributed by atoms with van der Waals surface area (Å²) >= 11 is 1.82. The van der Waals surface area contributed by atoms with Crippen LogP contribution in [-0.4, -0.2) is 27.8 Å². The molecule has 0 unspecified atom stereocenters. The number of thioether (sulfide) groups is 1. The number of nitrogens with one attached hydrogen (secondary N) is 1. The molecule has 0 saturated carbocycles. The normalized spacial score (nSPS) is 16.1. The molecular formula is C18H24IN5S. The molecule has 2 heterocycles. The van der Waals surface area contributed by atoms with Gasteiger partial charge in [0, 0.05) is 37.1 Å². The summed E-state index contributed by atoms with van der Waals surface area (Å²) in [7, 11) is 0. The Hall–Kier alpha value is -1.22. The zero-order chi connectivity index (χ0) is 16.4. The lowest BCUT2D eigenvalue weighted by Gasteiger charge is -2.19. The fraction of sp³-hybridized carbons (Fsp3) is 0.444. The van der Waals surface area contributed by atoms with Crippen LogP contribution in [0.25, 0.3) is 0 Å². The number of hydrogen-bond acceptors (Lipinski definition) is 3. The van der Waals surface area contributed by atoms with Gasteiger partial charge in [0.05, 0.1) is 5.69 Å². The van der Waals surface area contributed by atoms with Crippen LogP contribution in [0.5, 0.6) is 0 Å². The minimum Gasteiger partial charge on any atom is -0.370 e. The summed E-state index contributed by atoms with van der Waals surface area (Å²) in [6.07, 6.45) is 7.81. The Balaban J connectivity index is 0.00000182. The van der Waals surface area contributed by atoms with Crippen LogP contribution in [0.2, 0.25) is 0 Å². The second-order valence-electron chi connectivity index (χ2n) is 6.35. The molecule has 1 aliphatic carbocycles. The number of rotatable bonds is 4. The molecule has 5 nitrogen and oxygen atoms in total. The van der Waals surface area contributed by atoms with E-state index in [0.29, 0.717) is 12.5 Å². The number of imidazole rings is 1. The Morgan fingerprint density at radius 1 is 1.32 bits per heavy atom. The summed E-state index contributed by atoms with van der Waals surface area (Å²) < 4.78 is 2.22. The van der Waals surface area contributed by atoms with E-state index in [0.717, 1.165) is 41.7 Å². The summed E-state index contributed by atoms with van der Waals surface area (Å²) in [5.74, 6) is 1.63. The third-order valence-electron chi connectivity index (χ3n) is 4.66. The Labute approximate surface area is 169 Å². The summed E-state index contributed by atoms with van der Waals surface area (Å²) in [6.45, 7) is 1.73. The van der Waals surface area contributed by atoms with Gasteiger partial charge >= 0.3 is 0 Å². The number of anilines is 1. The maximum Gasteiger partial charge on any atom is 0.193 e. The van der Waals surface area contributed by atoms with Gasteiger partial charge in [-0.2, -0.15) is 0 Å². The van der Waals surface area contributed by atoms with Crippen LogP contribution in [0.4, 0.5) is 5.69 Å². The van der Waals surface area contributed by atoms with E-state index in [4.69, 9.17) is 5.73 Å². The van der Waals surface area contributed by atoms with E-state index in [1.165, 1.54) is 30.4 Å². The Bertz CT molecular complexity index is 749. The standard InChI is InChI=1S/C18H23N5S.HI/c19-17(20-9-8-14-12-23-10-11-24-18(23)21-14)22-16-7-3-5-13-4-1-2-6-15(13)16;/h3,5,7,12H,1-2,4,6,8-11H2,(H3,19,20,22);1H. The highest BCUT2D eigenvalue weighted by Gasteiger charge is 2.14. The molecule has 0 amide bonds. The first kappa shape index (κ1) is 18.6. The molecule has 0 spiro atoms. The van der Waals surface area contributed by atoms with E-state index in [2.05, 4.69) is 44.3 Å². The highest BCUT2D eigenvalue weighted by Crippen LogP contribution is 2.27. The summed E-state index contributed by atoms with van der Waals surface area (Å²) in [5, 5.41) is 4.43. The topological polar surface area (TPSA) is 68.2 Å². The highest BCUT2D eigenvalue weighted by molar-refractivity contribution is 14.0. The molecule has 2 aliphatic rings. The second kappa shape index (κ2) is 8.44. The van der Waals surface area contributed by atoms with E-state index >= 15 is 0 Å². The predicted octanol–water partition coefficient (Wildman–Crippen LogP) is 3.45. The van der Waals surface area contributed by atoms with Gasteiger partial charge in [-0.05, 0) is 42.9 Å². The molecule has 4 rings (SSSR count). The molecule has 1 aromatic heterocycles. The fourth-order valence-electron chi connectivity index (χ4n) is 3.45. The van der Waals surface area contributed by atoms with Gasteiger partial charge < -0.3 is 15.6 Å². The average molecular weight is 469 g/mol. The first-order valence-electron chi connectivity index (χ1n) is 8.66. The number of nitrogens with two attached hydrogens (primary N) is 1. The number of hydrogen-bond donors (Lipinski definition) is 2. The molecule has 134 valence electrons. The summed E-state index contributed by atoms with van der Waals surface area (Å²) in [6, 6.07) is 6.43. The van der Waals surface area contributed by atoms with Crippen molar-refractivity contribution in [2.24, 2.45) is 10.7 Å². The Morgan fingerprint density at radius 2 is 2.20 bits per heavy atom. The van der Waals surface area contributed by atoms with Crippen LogP contribution in [0.1, 0.15) is 29.7 Å². The van der Waals surface area contributed by atoms with Crippen molar-refractivity contribution in [3.8, 4) is 0 Å². The van der Waals surface area contributed by atoms with Gasteiger partial charge in [-0.15, -0.1) is 24.0 Å². The smallest absolute Gasteiger partial charge is 0.193 e. The number of aromatic nitrogens is 2. The zero-order valence-corrected chi connectivity index (χ0v) is 17.3. The van der Waals surface area contributed by atoms with Gasteiger partial charge in [-0.3, -0.25) is 4.99 Å². The lowest BCUT2D eigenvalue weighted by molar-refractivity contribution is 0.687. The number of nitrogens with zero attached hydrogens (tertiary/aromatic N) is 3. The van der Waals surface area contributed by atoms with E-state index in [1.54, 1.807) is 0 Å². The van der Waals surface area contributed by atoms with Crippen LogP contribution in [0.3, 0.4) is 0 Å². The minimum absolute atomic E-state index is 0. The van der Waals surface area contributed by atoms with Gasteiger partial charge in [0.25, 0.3) is 0 Å². The third kappa shape index (κ3) is 4.31. The van der Waals surface area contributed by atoms with Crippen molar-refractivity contribution >= 4 is 47.4 Å². The molecule has 3 N–H and O–H groups in total. The number of halogens is 1. The number of aliphatic imine (C=N–C) groups is 1. The lowest BCUT2D eigenvalue weighted by Crippen LogP contribution is -2.24. The molecule has 1 aliphatic heterocycles. The molecular weight excluding hydrogens is 445 g/mol. The van der Waals surface area contributed by atoms with Crippen LogP contribution >= 0.6 is 35.7 Å². The monoisotopic (exact) mass is 469 g/mol. The molecule has 0 saturated heterocycles. The van der Waals surface area contributed by atoms with Gasteiger partial charge in [0.1, 0.15) is 0 Å². The SMILES string of the molecule is I.NC(=NCCc1cn2c(n1)SCC2)Nc1cccc2c1CCCC2. The quantitative estimate of drug-likeness (QED) is 0.409. The van der Waals surface area contributed by atoms with Crippen LogP contribution in [0, 0.1) is 0 Å². The number of benzene rings is 1. The average Bonchev–Trinajstić information content (AvgIpc) is 3.17. The first-order chi connectivity index (χ1) is 11.8. The molecule has 7 heteroatoms. The predicted molar refractivity (Wildman–Crippen MR) is 115 cm³/mol. The van der Waals surface area contributed by atoms with Crippen LogP contribution < -0.4 is 11.1 Å². The Kier molecular flexibility index (Phi) is 6.27. The number of guanidine groups is 1. The fourth-order valence-corrected chi connectivity index (χ4v) is 4.41. The second-order valence-corrected chi connectivity index (χ2v) is 7.41. The van der Waals surface area contributed by atoms with E-state index in [9.17, 15) is 0 Å². The molecule has 25 heavy (non-hydrogen) atoms. The molecule has 0 fully saturated rings. The number of fused-ring (bicyclic) bond motifs is 2. The summed E-state index contributed by atoms with van der Waals surface area (Å²) in [4.78, 5) is 9.10. The Morgan fingerprint density at radius 3 is 3.08 bits per heavy atom. The van der Waals surface area contributed by atoms with Crippen molar-refractivity contribution in [2.45, 2.75) is 43.8 Å². The van der Waals surface area contributed by atoms with Crippen molar-refractivity contribution in [3.05, 3.63) is 41.2 Å². The van der Waals surface area contributed by atoms with Gasteiger partial charge in [0.2, 0.25) is 0 Å². The maximum absolute atomic E-state index is 6.08. The van der Waals surface area contributed by atoms with Crippen molar-refractivity contribution in [2.75, 3.05) is 17.6 Å². The number of aryl methyl sites for hydroxylation is 2. The molecule has 0 bridgehead atoms. The van der Waals surface area contributed by atoms with Crippen LogP contribution in [0.15, 0.2) is 34.5 Å². The van der Waals surface area contributed by atoms with Crippen molar-refractivity contribution in [1.29, 1.82) is 0 Å². The zero-order valence-electron chi connectivity index (χ0n) is 14.2. The van der Waals surface area contributed by atoms with Gasteiger partial charge in [0.15, 0.2) is 11.1 Å². The van der Waals surface area contributed by atoms with E-state index < -0.39 is 0 Å². The molecule has 0 atom stereocenters. The largest absolute Gasteiger partial charge is 0.370 e.